The molecule has 0 saturated heterocycles. The van der Waals surface area contributed by atoms with Crippen LogP contribution in [0.3, 0.4) is 0 Å². The summed E-state index contributed by atoms with van der Waals surface area (Å²) in [6.07, 6.45) is 0. The fourth-order valence-corrected chi connectivity index (χ4v) is 2.77. The van der Waals surface area contributed by atoms with Crippen LogP contribution >= 0.6 is 0 Å². The lowest BCUT2D eigenvalue weighted by atomic mass is 10.0. The van der Waals surface area contributed by atoms with E-state index in [1.807, 2.05) is 31.0 Å². The molecule has 0 aliphatic heterocycles. The summed E-state index contributed by atoms with van der Waals surface area (Å²) >= 11 is 0. The third kappa shape index (κ3) is 4.23. The molecule has 1 heterocycles. The molecule has 1 aromatic carbocycles. The van der Waals surface area contributed by atoms with Crippen LogP contribution in [0, 0.1) is 10.1 Å². The fraction of sp³-hybridized carbons (Fsp3) is 0.294. The van der Waals surface area contributed by atoms with Crippen LogP contribution in [0.15, 0.2) is 28.7 Å². The van der Waals surface area contributed by atoms with Crippen LogP contribution in [0.2, 0.25) is 0 Å². The lowest BCUT2D eigenvalue weighted by Gasteiger charge is -2.30. The molecular formula is C17H21N5O5. The van der Waals surface area contributed by atoms with Crippen molar-refractivity contribution in [1.82, 2.24) is 5.01 Å². The number of anilines is 2. The van der Waals surface area contributed by atoms with Gasteiger partial charge in [0.05, 0.1) is 17.4 Å². The van der Waals surface area contributed by atoms with Crippen molar-refractivity contribution in [3.63, 3.8) is 0 Å². The molecule has 10 nitrogen and oxygen atoms in total. The van der Waals surface area contributed by atoms with Crippen LogP contribution in [0.5, 0.6) is 0 Å². The van der Waals surface area contributed by atoms with Gasteiger partial charge in [0.25, 0.3) is 5.91 Å². The number of carbonyl (C=O) groups is 2. The Kier molecular flexibility index (Phi) is 5.81. The number of hydrogen-bond donors (Lipinski definition) is 2. The Bertz CT molecular complexity index is 890. The van der Waals surface area contributed by atoms with Gasteiger partial charge in [0, 0.05) is 38.7 Å². The second kappa shape index (κ2) is 7.87. The molecule has 0 aliphatic carbocycles. The number of nitrogens with one attached hydrogen (secondary N) is 1. The minimum atomic E-state index is -0.945. The molecule has 0 bridgehead atoms. The van der Waals surface area contributed by atoms with Gasteiger partial charge in [-0.3, -0.25) is 19.7 Å². The minimum Gasteiger partial charge on any atom is -0.395 e. The quantitative estimate of drug-likeness (QED) is 0.559. The summed E-state index contributed by atoms with van der Waals surface area (Å²) in [7, 11) is 3.75. The SMILES string of the molecule is CCN(c1ccc(-c2cc([N+](=O)[O-])oc2C(N)=O)c(NC(C)=O)c1)N(C)C. The van der Waals surface area contributed by atoms with Crippen molar-refractivity contribution in [3.05, 3.63) is 40.1 Å². The number of nitrogens with two attached hydrogens (primary N) is 1. The van der Waals surface area contributed by atoms with Crippen molar-refractivity contribution < 1.29 is 18.9 Å². The molecule has 0 saturated carbocycles. The molecule has 144 valence electrons. The highest BCUT2D eigenvalue weighted by Gasteiger charge is 2.25. The van der Waals surface area contributed by atoms with Crippen LogP contribution in [-0.2, 0) is 4.79 Å². The molecule has 10 heteroatoms. The van der Waals surface area contributed by atoms with Crippen molar-refractivity contribution in [2.75, 3.05) is 31.0 Å². The average molecular weight is 375 g/mol. The van der Waals surface area contributed by atoms with Gasteiger partial charge in [-0.2, -0.15) is 0 Å². The van der Waals surface area contributed by atoms with E-state index < -0.39 is 16.7 Å². The van der Waals surface area contributed by atoms with Gasteiger partial charge in [-0.25, -0.2) is 5.01 Å². The highest BCUT2D eigenvalue weighted by atomic mass is 16.6. The van der Waals surface area contributed by atoms with Gasteiger partial charge in [0.2, 0.25) is 11.7 Å². The van der Waals surface area contributed by atoms with Crippen molar-refractivity contribution in [2.24, 2.45) is 5.73 Å². The number of furan rings is 1. The van der Waals surface area contributed by atoms with E-state index in [9.17, 15) is 19.7 Å². The Balaban J connectivity index is 2.67. The van der Waals surface area contributed by atoms with E-state index in [-0.39, 0.29) is 17.2 Å². The maximum atomic E-state index is 11.7. The van der Waals surface area contributed by atoms with Gasteiger partial charge in [-0.05, 0) is 19.1 Å². The zero-order chi connectivity index (χ0) is 20.3. The molecular weight excluding hydrogens is 354 g/mol. The molecule has 0 spiro atoms. The van der Waals surface area contributed by atoms with Crippen LogP contribution < -0.4 is 16.1 Å². The average Bonchev–Trinajstić information content (AvgIpc) is 3.00. The van der Waals surface area contributed by atoms with Gasteiger partial charge in [0.1, 0.15) is 4.92 Å². The number of nitrogens with zero attached hydrogens (tertiary/aromatic N) is 3. The predicted octanol–water partition coefficient (Wildman–Crippen LogP) is 2.21. The number of hydrogen-bond acceptors (Lipinski definition) is 7. The second-order valence-corrected chi connectivity index (χ2v) is 5.92. The molecule has 0 atom stereocenters. The molecule has 0 aliphatic rings. The topological polar surface area (TPSA) is 135 Å². The Morgan fingerprint density at radius 1 is 1.26 bits per heavy atom. The minimum absolute atomic E-state index is 0.136. The highest BCUT2D eigenvalue weighted by Crippen LogP contribution is 2.37. The number of nitro groups is 1. The first-order valence-electron chi connectivity index (χ1n) is 8.10. The Labute approximate surface area is 155 Å². The van der Waals surface area contributed by atoms with E-state index in [0.717, 1.165) is 11.8 Å². The van der Waals surface area contributed by atoms with Crippen molar-refractivity contribution in [3.8, 4) is 11.1 Å². The summed E-state index contributed by atoms with van der Waals surface area (Å²) in [5.41, 5.74) is 6.98. The molecule has 0 radical (unpaired) electrons. The highest BCUT2D eigenvalue weighted by molar-refractivity contribution is 6.02. The van der Waals surface area contributed by atoms with Crippen molar-refractivity contribution >= 4 is 29.1 Å². The lowest BCUT2D eigenvalue weighted by Crippen LogP contribution is -2.36. The van der Waals surface area contributed by atoms with Gasteiger partial charge < -0.3 is 20.5 Å². The van der Waals surface area contributed by atoms with Crippen molar-refractivity contribution in [2.45, 2.75) is 13.8 Å². The number of amides is 2. The summed E-state index contributed by atoms with van der Waals surface area (Å²) in [5.74, 6) is -2.24. The molecule has 27 heavy (non-hydrogen) atoms. The first-order chi connectivity index (χ1) is 12.6. The van der Waals surface area contributed by atoms with E-state index in [4.69, 9.17) is 10.2 Å². The standard InChI is InChI=1S/C17H21N5O5/c1-5-21(20(3)4)11-6-7-12(14(8-11)19-10(2)23)13-9-15(22(25)26)27-16(13)17(18)24/h6-9H,5H2,1-4H3,(H2,18,24)(H,19,23). The van der Waals surface area contributed by atoms with Gasteiger partial charge in [0.15, 0.2) is 0 Å². The number of carbonyl (C=O) groups excluding carboxylic acids is 2. The van der Waals surface area contributed by atoms with Crippen LogP contribution in [0.4, 0.5) is 17.3 Å². The number of primary amides is 1. The number of rotatable bonds is 7. The molecule has 0 unspecified atom stereocenters. The van der Waals surface area contributed by atoms with E-state index in [1.54, 1.807) is 18.2 Å². The Morgan fingerprint density at radius 3 is 2.41 bits per heavy atom. The predicted molar refractivity (Wildman–Crippen MR) is 100 cm³/mol. The van der Waals surface area contributed by atoms with Gasteiger partial charge >= 0.3 is 5.88 Å². The van der Waals surface area contributed by atoms with Crippen LogP contribution in [-0.4, -0.2) is 42.4 Å². The largest absolute Gasteiger partial charge is 0.434 e. The molecule has 3 N–H and O–H groups in total. The van der Waals surface area contributed by atoms with Gasteiger partial charge in [-0.15, -0.1) is 0 Å². The molecule has 0 fully saturated rings. The third-order valence-electron chi connectivity index (χ3n) is 3.81. The Hall–Kier alpha value is -3.40. The summed E-state index contributed by atoms with van der Waals surface area (Å²) in [6, 6.07) is 6.25. The van der Waals surface area contributed by atoms with Crippen LogP contribution in [0.1, 0.15) is 24.4 Å². The smallest absolute Gasteiger partial charge is 0.395 e. The van der Waals surface area contributed by atoms with E-state index in [2.05, 4.69) is 5.32 Å². The summed E-state index contributed by atoms with van der Waals surface area (Å²) < 4.78 is 4.98. The zero-order valence-corrected chi connectivity index (χ0v) is 15.5. The summed E-state index contributed by atoms with van der Waals surface area (Å²) in [5, 5.41) is 17.5. The third-order valence-corrected chi connectivity index (χ3v) is 3.81. The first kappa shape index (κ1) is 19.9. The summed E-state index contributed by atoms with van der Waals surface area (Å²) in [4.78, 5) is 33.6. The molecule has 2 aromatic rings. The van der Waals surface area contributed by atoms with E-state index in [0.29, 0.717) is 17.8 Å². The Morgan fingerprint density at radius 2 is 1.93 bits per heavy atom. The van der Waals surface area contributed by atoms with Gasteiger partial charge in [-0.1, -0.05) is 6.07 Å². The maximum absolute atomic E-state index is 11.7. The van der Waals surface area contributed by atoms with E-state index in [1.165, 1.54) is 6.92 Å². The van der Waals surface area contributed by atoms with Crippen molar-refractivity contribution in [1.29, 1.82) is 0 Å². The first-order valence-corrected chi connectivity index (χ1v) is 8.10. The summed E-state index contributed by atoms with van der Waals surface area (Å²) in [6.45, 7) is 3.99. The normalized spacial score (nSPS) is 10.7. The monoisotopic (exact) mass is 375 g/mol. The molecule has 2 amide bonds. The fourth-order valence-electron chi connectivity index (χ4n) is 2.77. The zero-order valence-electron chi connectivity index (χ0n) is 15.5. The van der Waals surface area contributed by atoms with Crippen LogP contribution in [0.25, 0.3) is 11.1 Å². The molecule has 2 rings (SSSR count). The lowest BCUT2D eigenvalue weighted by molar-refractivity contribution is -0.402. The molecule has 1 aromatic heterocycles. The number of hydrazine groups is 1. The maximum Gasteiger partial charge on any atom is 0.434 e. The number of benzene rings is 1. The second-order valence-electron chi connectivity index (χ2n) is 5.92. The van der Waals surface area contributed by atoms with E-state index >= 15 is 0 Å².